The number of aryl methyl sites for hydroxylation is 2. The minimum atomic E-state index is -0.269. The molecule has 1 saturated heterocycles. The van der Waals surface area contributed by atoms with E-state index in [4.69, 9.17) is 14.2 Å². The first-order valence-electron chi connectivity index (χ1n) is 10.9. The first kappa shape index (κ1) is 22.2. The van der Waals surface area contributed by atoms with E-state index in [9.17, 15) is 4.79 Å². The molecule has 0 radical (unpaired) electrons. The van der Waals surface area contributed by atoms with Crippen molar-refractivity contribution in [1.82, 2.24) is 19.9 Å². The van der Waals surface area contributed by atoms with Crippen LogP contribution < -0.4 is 0 Å². The molecule has 0 aliphatic carbocycles. The number of hydrogen-bond acceptors (Lipinski definition) is 6. The van der Waals surface area contributed by atoms with Crippen LogP contribution in [0, 0.1) is 13.8 Å². The minimum absolute atomic E-state index is 0.122. The summed E-state index contributed by atoms with van der Waals surface area (Å²) in [5.74, 6) is 0.556. The van der Waals surface area contributed by atoms with Crippen molar-refractivity contribution in [2.24, 2.45) is 0 Å². The Morgan fingerprint density at radius 1 is 1.16 bits per heavy atom. The second-order valence-electron chi connectivity index (χ2n) is 8.57. The van der Waals surface area contributed by atoms with Gasteiger partial charge in [-0.3, -0.25) is 9.78 Å². The molecule has 7 nitrogen and oxygen atoms in total. The van der Waals surface area contributed by atoms with Gasteiger partial charge < -0.3 is 19.1 Å². The summed E-state index contributed by atoms with van der Waals surface area (Å²) < 4.78 is 11.3. The molecule has 1 aliphatic heterocycles. The fourth-order valence-electron chi connectivity index (χ4n) is 4.00. The number of morpholine rings is 1. The first-order chi connectivity index (χ1) is 15.4. The van der Waals surface area contributed by atoms with E-state index < -0.39 is 0 Å². The number of nitrogens with zero attached hydrogens (tertiary/aromatic N) is 4. The highest BCUT2D eigenvalue weighted by Gasteiger charge is 2.31. The molecule has 0 spiro atoms. The second kappa shape index (κ2) is 9.63. The third-order valence-electron chi connectivity index (χ3n) is 5.81. The number of benzene rings is 1. The largest absolute Gasteiger partial charge is 0.368 e. The van der Waals surface area contributed by atoms with Gasteiger partial charge in [0.05, 0.1) is 18.8 Å². The van der Waals surface area contributed by atoms with Gasteiger partial charge in [0.1, 0.15) is 11.9 Å². The van der Waals surface area contributed by atoms with Gasteiger partial charge in [0.15, 0.2) is 5.69 Å². The molecule has 1 aliphatic rings. The van der Waals surface area contributed by atoms with E-state index in [0.29, 0.717) is 37.7 Å². The SMILES string of the molecule is Cc1ccccc1Cc1cccc(C2CN(C(=O)c3noc(C)c3CN(C)C)CCO2)n1. The summed E-state index contributed by atoms with van der Waals surface area (Å²) in [6, 6.07) is 14.4. The standard InChI is InChI=1S/C25H30N4O3/c1-17-8-5-6-9-19(17)14-20-10-7-11-22(26-20)23-16-29(12-13-31-23)25(30)24-21(15-28(3)4)18(2)32-27-24/h5-11,23H,12-16H2,1-4H3. The molecule has 0 N–H and O–H groups in total. The normalized spacial score (nSPS) is 16.5. The van der Waals surface area contributed by atoms with E-state index in [1.807, 2.05) is 50.2 Å². The van der Waals surface area contributed by atoms with Gasteiger partial charge in [0.2, 0.25) is 0 Å². The maximum Gasteiger partial charge on any atom is 0.276 e. The first-order valence-corrected chi connectivity index (χ1v) is 10.9. The average molecular weight is 435 g/mol. The number of rotatable bonds is 6. The lowest BCUT2D eigenvalue weighted by Gasteiger charge is -2.32. The third-order valence-corrected chi connectivity index (χ3v) is 5.81. The smallest absolute Gasteiger partial charge is 0.276 e. The number of aromatic nitrogens is 2. The van der Waals surface area contributed by atoms with Crippen LogP contribution in [0.1, 0.15) is 50.4 Å². The van der Waals surface area contributed by atoms with E-state index in [1.165, 1.54) is 11.1 Å². The molecule has 1 atom stereocenters. The van der Waals surface area contributed by atoms with Crippen LogP contribution >= 0.6 is 0 Å². The summed E-state index contributed by atoms with van der Waals surface area (Å²) >= 11 is 0. The topological polar surface area (TPSA) is 71.7 Å². The number of carbonyl (C=O) groups excluding carboxylic acids is 1. The molecule has 3 aromatic rings. The lowest BCUT2D eigenvalue weighted by Crippen LogP contribution is -2.43. The van der Waals surface area contributed by atoms with Gasteiger partial charge >= 0.3 is 0 Å². The highest BCUT2D eigenvalue weighted by Crippen LogP contribution is 2.24. The van der Waals surface area contributed by atoms with Crippen molar-refractivity contribution in [3.63, 3.8) is 0 Å². The Morgan fingerprint density at radius 2 is 1.97 bits per heavy atom. The molecule has 1 amide bonds. The lowest BCUT2D eigenvalue weighted by atomic mass is 10.0. The van der Waals surface area contributed by atoms with E-state index in [1.54, 1.807) is 4.90 Å². The van der Waals surface area contributed by atoms with Gasteiger partial charge in [-0.05, 0) is 51.2 Å². The zero-order valence-corrected chi connectivity index (χ0v) is 19.2. The van der Waals surface area contributed by atoms with Crippen molar-refractivity contribution >= 4 is 5.91 Å². The highest BCUT2D eigenvalue weighted by molar-refractivity contribution is 5.94. The van der Waals surface area contributed by atoms with Crippen molar-refractivity contribution in [2.75, 3.05) is 33.8 Å². The van der Waals surface area contributed by atoms with Gasteiger partial charge in [0, 0.05) is 30.8 Å². The van der Waals surface area contributed by atoms with Gasteiger partial charge in [0.25, 0.3) is 5.91 Å². The van der Waals surface area contributed by atoms with Crippen LogP contribution in [0.3, 0.4) is 0 Å². The summed E-state index contributed by atoms with van der Waals surface area (Å²) in [5, 5.41) is 4.06. The quantitative estimate of drug-likeness (QED) is 0.591. The molecular weight excluding hydrogens is 404 g/mol. The zero-order valence-electron chi connectivity index (χ0n) is 19.2. The fraction of sp³-hybridized carbons (Fsp3) is 0.400. The highest BCUT2D eigenvalue weighted by atomic mass is 16.5. The molecule has 0 bridgehead atoms. The van der Waals surface area contributed by atoms with Gasteiger partial charge in [-0.1, -0.05) is 35.5 Å². The van der Waals surface area contributed by atoms with E-state index in [-0.39, 0.29) is 12.0 Å². The number of ether oxygens (including phenoxy) is 1. The Balaban J connectivity index is 1.50. The lowest BCUT2D eigenvalue weighted by molar-refractivity contribution is -0.0251. The van der Waals surface area contributed by atoms with Crippen LogP contribution in [0.15, 0.2) is 47.0 Å². The summed E-state index contributed by atoms with van der Waals surface area (Å²) in [7, 11) is 3.92. The van der Waals surface area contributed by atoms with Crippen molar-refractivity contribution in [3.8, 4) is 0 Å². The fourth-order valence-corrected chi connectivity index (χ4v) is 4.00. The number of carbonyl (C=O) groups is 1. The van der Waals surface area contributed by atoms with Crippen LogP contribution in [-0.4, -0.2) is 59.6 Å². The molecular formula is C25H30N4O3. The molecule has 168 valence electrons. The molecule has 1 aromatic carbocycles. The van der Waals surface area contributed by atoms with Crippen LogP contribution in [0.4, 0.5) is 0 Å². The van der Waals surface area contributed by atoms with Crippen molar-refractivity contribution in [2.45, 2.75) is 32.9 Å². The van der Waals surface area contributed by atoms with Crippen LogP contribution in [0.2, 0.25) is 0 Å². The van der Waals surface area contributed by atoms with Crippen LogP contribution in [-0.2, 0) is 17.7 Å². The Bertz CT molecular complexity index is 1090. The summed E-state index contributed by atoms with van der Waals surface area (Å²) in [6.45, 7) is 5.98. The molecule has 3 heterocycles. The van der Waals surface area contributed by atoms with E-state index in [0.717, 1.165) is 23.4 Å². The molecule has 2 aromatic heterocycles. The zero-order chi connectivity index (χ0) is 22.7. The van der Waals surface area contributed by atoms with Gasteiger partial charge in [-0.25, -0.2) is 0 Å². The molecule has 7 heteroatoms. The maximum absolute atomic E-state index is 13.2. The Kier molecular flexibility index (Phi) is 6.67. The van der Waals surface area contributed by atoms with Crippen molar-refractivity contribution in [1.29, 1.82) is 0 Å². The summed E-state index contributed by atoms with van der Waals surface area (Å²) in [5.41, 5.74) is 5.57. The Morgan fingerprint density at radius 3 is 2.75 bits per heavy atom. The summed E-state index contributed by atoms with van der Waals surface area (Å²) in [6.07, 6.45) is 0.497. The monoisotopic (exact) mass is 434 g/mol. The van der Waals surface area contributed by atoms with Gasteiger partial charge in [-0.2, -0.15) is 0 Å². The van der Waals surface area contributed by atoms with Crippen LogP contribution in [0.25, 0.3) is 0 Å². The minimum Gasteiger partial charge on any atom is -0.368 e. The Hall–Kier alpha value is -3.03. The second-order valence-corrected chi connectivity index (χ2v) is 8.57. The van der Waals surface area contributed by atoms with Crippen LogP contribution in [0.5, 0.6) is 0 Å². The Labute approximate surface area is 189 Å². The molecule has 1 fully saturated rings. The van der Waals surface area contributed by atoms with Gasteiger partial charge in [-0.15, -0.1) is 0 Å². The molecule has 1 unspecified atom stereocenters. The molecule has 4 rings (SSSR count). The van der Waals surface area contributed by atoms with E-state index >= 15 is 0 Å². The summed E-state index contributed by atoms with van der Waals surface area (Å²) in [4.78, 5) is 21.9. The molecule has 32 heavy (non-hydrogen) atoms. The predicted molar refractivity (Wildman–Crippen MR) is 121 cm³/mol. The number of pyridine rings is 1. The predicted octanol–water partition coefficient (Wildman–Crippen LogP) is 3.55. The average Bonchev–Trinajstić information content (AvgIpc) is 3.14. The maximum atomic E-state index is 13.2. The molecule has 0 saturated carbocycles. The van der Waals surface area contributed by atoms with Crippen molar-refractivity contribution < 1.29 is 14.1 Å². The third kappa shape index (κ3) is 4.89. The van der Waals surface area contributed by atoms with E-state index in [2.05, 4.69) is 30.3 Å². The van der Waals surface area contributed by atoms with Crippen molar-refractivity contribution in [3.05, 3.63) is 82.0 Å². The number of hydrogen-bond donors (Lipinski definition) is 0. The number of amides is 1.